The van der Waals surface area contributed by atoms with E-state index in [0.29, 0.717) is 11.7 Å². The van der Waals surface area contributed by atoms with Gasteiger partial charge in [0.2, 0.25) is 0 Å². The van der Waals surface area contributed by atoms with Crippen LogP contribution >= 0.6 is 0 Å². The van der Waals surface area contributed by atoms with Crippen molar-refractivity contribution in [2.24, 2.45) is 5.41 Å². The van der Waals surface area contributed by atoms with Gasteiger partial charge in [0.25, 0.3) is 0 Å². The summed E-state index contributed by atoms with van der Waals surface area (Å²) in [6.07, 6.45) is 3.10. The number of carbonyl (C=O) groups excluding carboxylic acids is 1. The average Bonchev–Trinajstić information content (AvgIpc) is 3.46. The van der Waals surface area contributed by atoms with Crippen LogP contribution < -0.4 is 0 Å². The third-order valence-corrected chi connectivity index (χ3v) is 4.83. The molecule has 130 valence electrons. The summed E-state index contributed by atoms with van der Waals surface area (Å²) in [7, 11) is 0. The minimum Gasteiger partial charge on any atom is 0 e. The van der Waals surface area contributed by atoms with Crippen molar-refractivity contribution >= 4 is 5.78 Å². The minimum absolute atomic E-state index is 0. The van der Waals surface area contributed by atoms with Crippen LogP contribution in [0.2, 0.25) is 0 Å². The fourth-order valence-electron chi connectivity index (χ4n) is 3.65. The van der Waals surface area contributed by atoms with Crippen LogP contribution in [0.4, 0.5) is 0 Å². The largest absolute Gasteiger partial charge is 0 e. The fourth-order valence-corrected chi connectivity index (χ4v) is 3.65. The molecule has 5 heteroatoms. The topological polar surface area (TPSA) is 76.8 Å². The number of hydrogen-bond acceptors (Lipinski definition) is 1. The van der Waals surface area contributed by atoms with Crippen molar-refractivity contribution in [3.05, 3.63) is 91.2 Å². The summed E-state index contributed by atoms with van der Waals surface area (Å²) in [4.78, 5) is 12.8. The van der Waals surface area contributed by atoms with Gasteiger partial charge in [-0.05, 0) is 36.3 Å². The SMILES string of the molecule is O=C1c2ccccc2CCC12CC2c1ccccc1.[C-]#[O+].[C-]#[O+].[C-]#[O+].[Cr]. The molecule has 0 N–H and O–H groups in total. The van der Waals surface area contributed by atoms with Crippen LogP contribution in [-0.2, 0) is 37.7 Å². The predicted octanol–water partition coefficient (Wildman–Crippen LogP) is 3.87. The van der Waals surface area contributed by atoms with Crippen molar-refractivity contribution in [2.75, 3.05) is 0 Å². The number of carbonyl (C=O) groups is 1. The molecule has 0 heterocycles. The van der Waals surface area contributed by atoms with E-state index in [0.717, 1.165) is 24.8 Å². The van der Waals surface area contributed by atoms with E-state index in [4.69, 9.17) is 14.0 Å². The van der Waals surface area contributed by atoms with Crippen molar-refractivity contribution in [3.8, 4) is 0 Å². The Balaban J connectivity index is 0.000000817. The number of Topliss-reactive ketones (excluding diaryl/α,β-unsaturated/α-hetero) is 1. The Morgan fingerprint density at radius 1 is 0.846 bits per heavy atom. The van der Waals surface area contributed by atoms with Gasteiger partial charge < -0.3 is 0 Å². The van der Waals surface area contributed by atoms with Gasteiger partial charge >= 0.3 is 33.9 Å². The Bertz CT molecular complexity index is 765. The van der Waals surface area contributed by atoms with Crippen molar-refractivity contribution in [2.45, 2.75) is 25.2 Å². The number of fused-ring (bicyclic) bond motifs is 1. The molecule has 2 aromatic carbocycles. The second-order valence-electron chi connectivity index (χ2n) is 5.81. The van der Waals surface area contributed by atoms with Gasteiger partial charge in [0.15, 0.2) is 5.78 Å². The molecule has 2 aromatic rings. The fraction of sp³-hybridized carbons (Fsp3) is 0.238. The van der Waals surface area contributed by atoms with Crippen molar-refractivity contribution in [1.29, 1.82) is 0 Å². The van der Waals surface area contributed by atoms with Gasteiger partial charge in [-0.1, -0.05) is 54.6 Å². The first-order chi connectivity index (χ1) is 12.3. The van der Waals surface area contributed by atoms with E-state index in [1.165, 1.54) is 11.1 Å². The van der Waals surface area contributed by atoms with Gasteiger partial charge in [-0.2, -0.15) is 0 Å². The van der Waals surface area contributed by atoms with E-state index < -0.39 is 0 Å². The number of hydrogen-bond donors (Lipinski definition) is 0. The molecular formula is C21H16CrO4. The van der Waals surface area contributed by atoms with Crippen LogP contribution in [0.25, 0.3) is 0 Å². The molecule has 2 aliphatic rings. The summed E-state index contributed by atoms with van der Waals surface area (Å²) < 4.78 is 22.5. The van der Waals surface area contributed by atoms with Gasteiger partial charge in [0.05, 0.1) is 0 Å². The van der Waals surface area contributed by atoms with Crippen LogP contribution in [0, 0.1) is 25.4 Å². The molecule has 0 radical (unpaired) electrons. The normalized spacial score (nSPS) is 20.8. The van der Waals surface area contributed by atoms with Crippen LogP contribution in [-0.4, -0.2) is 5.78 Å². The van der Waals surface area contributed by atoms with E-state index in [1.807, 2.05) is 24.3 Å². The van der Waals surface area contributed by atoms with E-state index in [2.05, 4.69) is 50.3 Å². The maximum absolute atomic E-state index is 12.8. The first-order valence-electron chi connectivity index (χ1n) is 7.60. The Labute approximate surface area is 163 Å². The predicted molar refractivity (Wildman–Crippen MR) is 87.1 cm³/mol. The number of rotatable bonds is 1. The molecule has 26 heavy (non-hydrogen) atoms. The van der Waals surface area contributed by atoms with E-state index >= 15 is 0 Å². The third kappa shape index (κ3) is 4.52. The van der Waals surface area contributed by atoms with Crippen LogP contribution in [0.5, 0.6) is 0 Å². The monoisotopic (exact) mass is 384 g/mol. The van der Waals surface area contributed by atoms with Gasteiger partial charge in [-0.3, -0.25) is 4.79 Å². The molecule has 0 amide bonds. The summed E-state index contributed by atoms with van der Waals surface area (Å²) in [5.41, 5.74) is 3.44. The Hall–Kier alpha value is -2.14. The smallest absolute Gasteiger partial charge is 0 e. The molecule has 0 aliphatic heterocycles. The Morgan fingerprint density at radius 2 is 1.38 bits per heavy atom. The standard InChI is InChI=1S/C18H16O.3CO.Cr/c19-17-15-9-5-4-6-13(15)10-11-18(17)12-16(18)14-7-2-1-3-8-14;3*1-2;/h1-9,16H,10-12H2;;;;. The van der Waals surface area contributed by atoms with Crippen molar-refractivity contribution in [1.82, 2.24) is 0 Å². The molecule has 0 bridgehead atoms. The molecule has 1 fully saturated rings. The quantitative estimate of drug-likeness (QED) is 0.543. The molecule has 1 saturated carbocycles. The minimum atomic E-state index is -0.0876. The van der Waals surface area contributed by atoms with Crippen molar-refractivity contribution < 1.29 is 36.1 Å². The summed E-state index contributed by atoms with van der Waals surface area (Å²) in [6.45, 7) is 13.5. The molecule has 1 spiro atoms. The molecule has 2 atom stereocenters. The molecule has 2 unspecified atom stereocenters. The number of ketones is 1. The molecule has 2 aliphatic carbocycles. The average molecular weight is 384 g/mol. The maximum atomic E-state index is 12.8. The van der Waals surface area contributed by atoms with Gasteiger partial charge in [0.1, 0.15) is 0 Å². The number of benzene rings is 2. The zero-order valence-corrected chi connectivity index (χ0v) is 15.2. The zero-order valence-electron chi connectivity index (χ0n) is 13.9. The Morgan fingerprint density at radius 3 is 2.00 bits per heavy atom. The Kier molecular flexibility index (Phi) is 10.5. The van der Waals surface area contributed by atoms with Crippen molar-refractivity contribution in [3.63, 3.8) is 0 Å². The number of aryl methyl sites for hydroxylation is 1. The van der Waals surface area contributed by atoms with Gasteiger partial charge in [0, 0.05) is 28.3 Å². The first kappa shape index (κ1) is 23.9. The van der Waals surface area contributed by atoms with E-state index in [1.54, 1.807) is 0 Å². The van der Waals surface area contributed by atoms with Crippen LogP contribution in [0.15, 0.2) is 54.6 Å². The van der Waals surface area contributed by atoms with Gasteiger partial charge in [-0.15, -0.1) is 0 Å². The second kappa shape index (κ2) is 11.5. The first-order valence-corrected chi connectivity index (χ1v) is 7.60. The summed E-state index contributed by atoms with van der Waals surface area (Å²) in [6, 6.07) is 18.6. The summed E-state index contributed by atoms with van der Waals surface area (Å²) >= 11 is 0. The van der Waals surface area contributed by atoms with E-state index in [-0.39, 0.29) is 22.8 Å². The van der Waals surface area contributed by atoms with E-state index in [9.17, 15) is 4.79 Å². The van der Waals surface area contributed by atoms with Crippen LogP contribution in [0.1, 0.15) is 40.2 Å². The molecule has 4 rings (SSSR count). The maximum Gasteiger partial charge on any atom is 0 e. The zero-order chi connectivity index (χ0) is 18.9. The van der Waals surface area contributed by atoms with Crippen LogP contribution in [0.3, 0.4) is 0 Å². The molecule has 4 nitrogen and oxygen atoms in total. The van der Waals surface area contributed by atoms with Gasteiger partial charge in [-0.25, -0.2) is 0 Å². The molecular weight excluding hydrogens is 368 g/mol. The molecule has 0 saturated heterocycles. The summed E-state index contributed by atoms with van der Waals surface area (Å²) in [5, 5.41) is 0. The second-order valence-corrected chi connectivity index (χ2v) is 5.81. The molecule has 0 aromatic heterocycles. The third-order valence-electron chi connectivity index (χ3n) is 4.83. The summed E-state index contributed by atoms with van der Waals surface area (Å²) in [5.74, 6) is 0.817.